The Morgan fingerprint density at radius 2 is 2.05 bits per heavy atom. The molecule has 0 aliphatic carbocycles. The van der Waals surface area contributed by atoms with Crippen LogP contribution in [-0.2, 0) is 6.61 Å². The maximum absolute atomic E-state index is 13.7. The van der Waals surface area contributed by atoms with Gasteiger partial charge in [0.2, 0.25) is 5.88 Å². The minimum absolute atomic E-state index is 0.100. The number of ether oxygens (including phenoxy) is 1. The van der Waals surface area contributed by atoms with Crippen LogP contribution < -0.4 is 4.74 Å². The highest BCUT2D eigenvalue weighted by molar-refractivity contribution is 6.67. The van der Waals surface area contributed by atoms with Crippen LogP contribution in [0, 0.1) is 12.7 Å². The minimum atomic E-state index is -0.713. The predicted molar refractivity (Wildman–Crippen MR) is 69.9 cm³/mol. The summed E-state index contributed by atoms with van der Waals surface area (Å²) in [6.07, 6.45) is 0. The van der Waals surface area contributed by atoms with Gasteiger partial charge in [-0.15, -0.1) is 0 Å². The zero-order chi connectivity index (χ0) is 13.8. The van der Waals surface area contributed by atoms with Crippen molar-refractivity contribution in [2.24, 2.45) is 0 Å². The van der Waals surface area contributed by atoms with Crippen molar-refractivity contribution in [1.29, 1.82) is 0 Å². The number of aromatic nitrogens is 1. The number of rotatable bonds is 4. The Morgan fingerprint density at radius 3 is 2.74 bits per heavy atom. The van der Waals surface area contributed by atoms with Crippen LogP contribution in [0.3, 0.4) is 0 Å². The van der Waals surface area contributed by atoms with Crippen molar-refractivity contribution >= 4 is 16.8 Å². The largest absolute Gasteiger partial charge is 0.473 e. The molecule has 2 aromatic rings. The van der Waals surface area contributed by atoms with Crippen molar-refractivity contribution < 1.29 is 13.9 Å². The van der Waals surface area contributed by atoms with E-state index in [2.05, 4.69) is 4.98 Å². The first-order valence-electron chi connectivity index (χ1n) is 5.61. The zero-order valence-corrected chi connectivity index (χ0v) is 10.9. The van der Waals surface area contributed by atoms with Crippen LogP contribution in [0.15, 0.2) is 36.4 Å². The fourth-order valence-corrected chi connectivity index (χ4v) is 1.81. The number of hydrogen-bond acceptors (Lipinski definition) is 3. The molecular formula is C14H11ClFNO2. The Bertz CT molecular complexity index is 616. The lowest BCUT2D eigenvalue weighted by Gasteiger charge is -2.09. The molecular weight excluding hydrogens is 269 g/mol. The number of carbonyl (C=O) groups is 1. The van der Waals surface area contributed by atoms with E-state index in [1.165, 1.54) is 18.2 Å². The average Bonchev–Trinajstić information content (AvgIpc) is 2.37. The number of carbonyl (C=O) groups excluding carboxylic acids is 1. The fourth-order valence-electron chi connectivity index (χ4n) is 1.63. The molecule has 0 fully saturated rings. The summed E-state index contributed by atoms with van der Waals surface area (Å²) in [6.45, 7) is 1.72. The summed E-state index contributed by atoms with van der Waals surface area (Å²) < 4.78 is 19.1. The van der Waals surface area contributed by atoms with Crippen molar-refractivity contribution in [3.63, 3.8) is 0 Å². The van der Waals surface area contributed by atoms with E-state index in [9.17, 15) is 9.18 Å². The number of pyridine rings is 1. The standard InChI is InChI=1S/C14H11ClFNO2/c1-9-4-2-7-13(17-9)19-8-11-10(14(15)18)5-3-6-12(11)16/h2-7H,8H2,1H3. The van der Waals surface area contributed by atoms with Gasteiger partial charge in [-0.3, -0.25) is 4.79 Å². The summed E-state index contributed by atoms with van der Waals surface area (Å²) in [6, 6.07) is 9.41. The Kier molecular flexibility index (Phi) is 4.12. The van der Waals surface area contributed by atoms with E-state index in [0.717, 1.165) is 5.69 Å². The summed E-state index contributed by atoms with van der Waals surface area (Å²) in [5.41, 5.74) is 1.03. The van der Waals surface area contributed by atoms with E-state index in [-0.39, 0.29) is 17.7 Å². The summed E-state index contributed by atoms with van der Waals surface area (Å²) in [4.78, 5) is 15.3. The Morgan fingerprint density at radius 1 is 1.32 bits per heavy atom. The number of aryl methyl sites for hydroxylation is 1. The van der Waals surface area contributed by atoms with Gasteiger partial charge >= 0.3 is 0 Å². The molecule has 0 radical (unpaired) electrons. The van der Waals surface area contributed by atoms with Crippen LogP contribution in [0.2, 0.25) is 0 Å². The molecule has 2 rings (SSSR count). The number of benzene rings is 1. The molecule has 1 aromatic carbocycles. The van der Waals surface area contributed by atoms with Gasteiger partial charge in [-0.2, -0.15) is 0 Å². The molecule has 0 N–H and O–H groups in total. The van der Waals surface area contributed by atoms with E-state index in [1.54, 1.807) is 12.1 Å². The SMILES string of the molecule is Cc1cccc(OCc2c(F)cccc2C(=O)Cl)n1. The summed E-state index contributed by atoms with van der Waals surface area (Å²) in [7, 11) is 0. The number of nitrogens with zero attached hydrogens (tertiary/aromatic N) is 1. The molecule has 0 saturated heterocycles. The van der Waals surface area contributed by atoms with Crippen molar-refractivity contribution in [1.82, 2.24) is 4.98 Å². The summed E-state index contributed by atoms with van der Waals surface area (Å²) in [5, 5.41) is -0.713. The van der Waals surface area contributed by atoms with Gasteiger partial charge in [0, 0.05) is 22.9 Å². The molecule has 0 aliphatic rings. The molecule has 0 amide bonds. The van der Waals surface area contributed by atoms with Gasteiger partial charge in [-0.1, -0.05) is 12.1 Å². The Hall–Kier alpha value is -1.94. The van der Waals surface area contributed by atoms with E-state index in [4.69, 9.17) is 16.3 Å². The highest BCUT2D eigenvalue weighted by Gasteiger charge is 2.14. The molecule has 0 atom stereocenters. The average molecular weight is 280 g/mol. The summed E-state index contributed by atoms with van der Waals surface area (Å²) in [5.74, 6) is -0.157. The molecule has 0 aliphatic heterocycles. The first kappa shape index (κ1) is 13.5. The van der Waals surface area contributed by atoms with Gasteiger partial charge in [0.1, 0.15) is 12.4 Å². The minimum Gasteiger partial charge on any atom is -0.473 e. The molecule has 1 heterocycles. The van der Waals surface area contributed by atoms with Crippen molar-refractivity contribution in [2.75, 3.05) is 0 Å². The second-order valence-corrected chi connectivity index (χ2v) is 4.29. The van der Waals surface area contributed by atoms with E-state index in [0.29, 0.717) is 5.88 Å². The quantitative estimate of drug-likeness (QED) is 0.804. The smallest absolute Gasteiger partial charge is 0.252 e. The normalized spacial score (nSPS) is 10.3. The molecule has 5 heteroatoms. The number of hydrogen-bond donors (Lipinski definition) is 0. The highest BCUT2D eigenvalue weighted by Crippen LogP contribution is 2.18. The fraction of sp³-hybridized carbons (Fsp3) is 0.143. The third-order valence-corrected chi connectivity index (χ3v) is 2.76. The molecule has 98 valence electrons. The van der Waals surface area contributed by atoms with Crippen LogP contribution in [-0.4, -0.2) is 10.2 Å². The van der Waals surface area contributed by atoms with Crippen LogP contribution in [0.5, 0.6) is 5.88 Å². The maximum atomic E-state index is 13.7. The monoisotopic (exact) mass is 279 g/mol. The maximum Gasteiger partial charge on any atom is 0.252 e. The highest BCUT2D eigenvalue weighted by atomic mass is 35.5. The van der Waals surface area contributed by atoms with Crippen molar-refractivity contribution in [3.8, 4) is 5.88 Å². The van der Waals surface area contributed by atoms with Crippen LogP contribution in [0.25, 0.3) is 0 Å². The van der Waals surface area contributed by atoms with Gasteiger partial charge in [-0.25, -0.2) is 9.37 Å². The molecule has 0 unspecified atom stereocenters. The van der Waals surface area contributed by atoms with Gasteiger partial charge in [0.25, 0.3) is 5.24 Å². The second kappa shape index (κ2) is 5.80. The lowest BCUT2D eigenvalue weighted by atomic mass is 10.1. The third kappa shape index (κ3) is 3.29. The Balaban J connectivity index is 2.22. The predicted octanol–water partition coefficient (Wildman–Crippen LogP) is 3.49. The molecule has 0 saturated carbocycles. The van der Waals surface area contributed by atoms with Crippen molar-refractivity contribution in [3.05, 3.63) is 59.0 Å². The zero-order valence-electron chi connectivity index (χ0n) is 10.2. The topological polar surface area (TPSA) is 39.2 Å². The first-order valence-corrected chi connectivity index (χ1v) is 5.99. The van der Waals surface area contributed by atoms with Crippen LogP contribution in [0.1, 0.15) is 21.6 Å². The van der Waals surface area contributed by atoms with Gasteiger partial charge in [-0.05, 0) is 36.7 Å². The van der Waals surface area contributed by atoms with Crippen molar-refractivity contribution in [2.45, 2.75) is 13.5 Å². The van der Waals surface area contributed by atoms with Gasteiger partial charge in [0.15, 0.2) is 0 Å². The molecule has 3 nitrogen and oxygen atoms in total. The summed E-state index contributed by atoms with van der Waals surface area (Å²) >= 11 is 5.41. The van der Waals surface area contributed by atoms with Crippen LogP contribution >= 0.6 is 11.6 Å². The van der Waals surface area contributed by atoms with E-state index < -0.39 is 11.1 Å². The van der Waals surface area contributed by atoms with Gasteiger partial charge in [0.05, 0.1) is 0 Å². The van der Waals surface area contributed by atoms with Gasteiger partial charge < -0.3 is 4.74 Å². The molecule has 0 spiro atoms. The van der Waals surface area contributed by atoms with Crippen LogP contribution in [0.4, 0.5) is 4.39 Å². The lowest BCUT2D eigenvalue weighted by molar-refractivity contribution is 0.107. The molecule has 0 bridgehead atoms. The first-order chi connectivity index (χ1) is 9.08. The van der Waals surface area contributed by atoms with E-state index >= 15 is 0 Å². The lowest BCUT2D eigenvalue weighted by Crippen LogP contribution is -2.06. The molecule has 1 aromatic heterocycles. The second-order valence-electron chi connectivity index (χ2n) is 3.95. The molecule has 19 heavy (non-hydrogen) atoms. The van der Waals surface area contributed by atoms with E-state index in [1.807, 2.05) is 13.0 Å². The third-order valence-electron chi connectivity index (χ3n) is 2.56. The Labute approximate surface area is 115 Å². The number of halogens is 2.